The van der Waals surface area contributed by atoms with E-state index in [2.05, 4.69) is 4.72 Å². The van der Waals surface area contributed by atoms with E-state index in [0.29, 0.717) is 25.9 Å². The number of benzene rings is 2. The van der Waals surface area contributed by atoms with Gasteiger partial charge in [-0.25, -0.2) is 13.2 Å². The van der Waals surface area contributed by atoms with Gasteiger partial charge in [-0.3, -0.25) is 4.79 Å². The van der Waals surface area contributed by atoms with Crippen LogP contribution in [0.1, 0.15) is 33.6 Å². The van der Waals surface area contributed by atoms with Crippen LogP contribution in [0.15, 0.2) is 53.4 Å². The van der Waals surface area contributed by atoms with Gasteiger partial charge < -0.3 is 19.1 Å². The van der Waals surface area contributed by atoms with Gasteiger partial charge in [-0.1, -0.05) is 24.3 Å². The summed E-state index contributed by atoms with van der Waals surface area (Å²) in [5.41, 5.74) is 1.15. The van der Waals surface area contributed by atoms with Crippen molar-refractivity contribution >= 4 is 22.1 Å². The van der Waals surface area contributed by atoms with Crippen LogP contribution in [0.3, 0.4) is 0 Å². The number of methoxy groups -OCH3 is 2. The van der Waals surface area contributed by atoms with Crippen molar-refractivity contribution in [3.8, 4) is 16.9 Å². The average Bonchev–Trinajstić information content (AvgIpc) is 2.86. The van der Waals surface area contributed by atoms with Crippen LogP contribution in [0, 0.1) is 5.92 Å². The average molecular weight is 519 g/mol. The van der Waals surface area contributed by atoms with E-state index < -0.39 is 33.7 Å². The first kappa shape index (κ1) is 27.5. The summed E-state index contributed by atoms with van der Waals surface area (Å²) in [5.74, 6) is -0.262. The van der Waals surface area contributed by atoms with Crippen molar-refractivity contribution in [1.82, 2.24) is 9.62 Å². The Balaban J connectivity index is 1.70. The second kappa shape index (κ2) is 11.3. The van der Waals surface area contributed by atoms with Gasteiger partial charge in [-0.2, -0.15) is 4.72 Å². The van der Waals surface area contributed by atoms with Gasteiger partial charge in [0.25, 0.3) is 0 Å². The highest BCUT2D eigenvalue weighted by molar-refractivity contribution is 7.89. The maximum absolute atomic E-state index is 13.1. The molecule has 3 rings (SSSR count). The third-order valence-electron chi connectivity index (χ3n) is 5.99. The molecule has 36 heavy (non-hydrogen) atoms. The normalized spacial score (nSPS) is 15.8. The summed E-state index contributed by atoms with van der Waals surface area (Å²) in [5, 5.41) is 0. The van der Waals surface area contributed by atoms with Crippen molar-refractivity contribution in [2.75, 3.05) is 27.3 Å². The number of esters is 1. The highest BCUT2D eigenvalue weighted by atomic mass is 32.2. The standard InChI is InChI=1S/C26H34N2O7S/c1-26(2,3)35-25(30)28-16-14-20(15-17-28)23(24(29)34-5)27-36(31,32)22-12-8-19(9-13-22)18-6-10-21(33-4)11-7-18/h6-13,20,23,27H,14-17H2,1-5H3/t23-/m0/s1. The van der Waals surface area contributed by atoms with Crippen LogP contribution in [0.4, 0.5) is 4.79 Å². The van der Waals surface area contributed by atoms with E-state index in [1.165, 1.54) is 19.2 Å². The van der Waals surface area contributed by atoms with Crippen LogP contribution < -0.4 is 9.46 Å². The van der Waals surface area contributed by atoms with Gasteiger partial charge in [0.1, 0.15) is 17.4 Å². The lowest BCUT2D eigenvalue weighted by molar-refractivity contribution is -0.144. The molecule has 0 spiro atoms. The lowest BCUT2D eigenvalue weighted by atomic mass is 9.90. The first-order valence-corrected chi connectivity index (χ1v) is 13.2. The number of likely N-dealkylation sites (tertiary alicyclic amines) is 1. The number of carbonyl (C=O) groups excluding carboxylic acids is 2. The molecule has 1 atom stereocenters. The second-order valence-electron chi connectivity index (χ2n) is 9.68. The number of hydrogen-bond donors (Lipinski definition) is 1. The number of sulfonamides is 1. The Morgan fingerprint density at radius 2 is 1.47 bits per heavy atom. The van der Waals surface area contributed by atoms with E-state index in [0.717, 1.165) is 16.9 Å². The topological polar surface area (TPSA) is 111 Å². The molecule has 1 saturated heterocycles. The van der Waals surface area contributed by atoms with Crippen LogP contribution in [-0.2, 0) is 24.3 Å². The molecular formula is C26H34N2O7S. The molecule has 0 saturated carbocycles. The van der Waals surface area contributed by atoms with Crippen molar-refractivity contribution in [1.29, 1.82) is 0 Å². The maximum atomic E-state index is 13.1. The van der Waals surface area contributed by atoms with Gasteiger partial charge in [0.2, 0.25) is 10.0 Å². The summed E-state index contributed by atoms with van der Waals surface area (Å²) in [4.78, 5) is 26.5. The van der Waals surface area contributed by atoms with Crippen molar-refractivity contribution in [3.63, 3.8) is 0 Å². The Kier molecular flexibility index (Phi) is 8.63. The zero-order chi connectivity index (χ0) is 26.5. The molecule has 1 amide bonds. The highest BCUT2D eigenvalue weighted by Gasteiger charge is 2.37. The smallest absolute Gasteiger partial charge is 0.410 e. The molecule has 2 aromatic carbocycles. The Morgan fingerprint density at radius 3 is 1.94 bits per heavy atom. The molecule has 0 unspecified atom stereocenters. The molecule has 196 valence electrons. The molecule has 2 aromatic rings. The third-order valence-corrected chi connectivity index (χ3v) is 7.44. The van der Waals surface area contributed by atoms with Crippen LogP contribution in [0.2, 0.25) is 0 Å². The Hall–Kier alpha value is -3.11. The Labute approximate surface area is 212 Å². The minimum Gasteiger partial charge on any atom is -0.497 e. The zero-order valence-corrected chi connectivity index (χ0v) is 22.1. The molecule has 1 aliphatic heterocycles. The summed E-state index contributed by atoms with van der Waals surface area (Å²) < 4.78 is 44.3. The van der Waals surface area contributed by atoms with E-state index in [4.69, 9.17) is 14.2 Å². The monoisotopic (exact) mass is 518 g/mol. The number of nitrogens with zero attached hydrogens (tertiary/aromatic N) is 1. The quantitative estimate of drug-likeness (QED) is 0.555. The van der Waals surface area contributed by atoms with Crippen LogP contribution >= 0.6 is 0 Å². The SMILES string of the molecule is COC(=O)[C@@H](NS(=O)(=O)c1ccc(-c2ccc(OC)cc2)cc1)C1CCN(C(=O)OC(C)(C)C)CC1. The summed E-state index contributed by atoms with van der Waals surface area (Å²) in [6.45, 7) is 6.09. The van der Waals surface area contributed by atoms with Crippen molar-refractivity contribution in [2.45, 2.75) is 50.2 Å². The number of rotatable bonds is 7. The predicted octanol–water partition coefficient (Wildman–Crippen LogP) is 3.83. The lowest BCUT2D eigenvalue weighted by Gasteiger charge is -2.35. The number of nitrogens with one attached hydrogen (secondary N) is 1. The molecule has 1 N–H and O–H groups in total. The fraction of sp³-hybridized carbons (Fsp3) is 0.462. The first-order valence-electron chi connectivity index (χ1n) is 11.8. The van der Waals surface area contributed by atoms with Crippen molar-refractivity contribution < 1.29 is 32.2 Å². The third kappa shape index (κ3) is 6.98. The first-order chi connectivity index (χ1) is 16.9. The highest BCUT2D eigenvalue weighted by Crippen LogP contribution is 2.26. The molecule has 1 fully saturated rings. The number of hydrogen-bond acceptors (Lipinski definition) is 7. The molecule has 0 radical (unpaired) electrons. The van der Waals surface area contributed by atoms with Gasteiger partial charge in [-0.15, -0.1) is 0 Å². The molecule has 0 aromatic heterocycles. The maximum Gasteiger partial charge on any atom is 0.410 e. The minimum atomic E-state index is -4.00. The number of piperidine rings is 1. The molecule has 0 aliphatic carbocycles. The van der Waals surface area contributed by atoms with E-state index in [-0.39, 0.29) is 10.8 Å². The Morgan fingerprint density at radius 1 is 0.944 bits per heavy atom. The molecule has 9 nitrogen and oxygen atoms in total. The van der Waals surface area contributed by atoms with Gasteiger partial charge in [0, 0.05) is 13.1 Å². The molecule has 1 heterocycles. The summed E-state index contributed by atoms with van der Waals surface area (Å²) in [6, 6.07) is 12.8. The molecule has 1 aliphatic rings. The fourth-order valence-electron chi connectivity index (χ4n) is 4.05. The van der Waals surface area contributed by atoms with Crippen LogP contribution in [0.5, 0.6) is 5.75 Å². The van der Waals surface area contributed by atoms with Crippen molar-refractivity contribution in [3.05, 3.63) is 48.5 Å². The molecular weight excluding hydrogens is 484 g/mol. The number of ether oxygens (including phenoxy) is 3. The zero-order valence-electron chi connectivity index (χ0n) is 21.3. The largest absolute Gasteiger partial charge is 0.497 e. The summed E-state index contributed by atoms with van der Waals surface area (Å²) in [7, 11) is -1.19. The van der Waals surface area contributed by atoms with Gasteiger partial charge in [-0.05, 0) is 74.9 Å². The second-order valence-corrected chi connectivity index (χ2v) is 11.4. The summed E-state index contributed by atoms with van der Waals surface area (Å²) >= 11 is 0. The van der Waals surface area contributed by atoms with E-state index in [1.807, 2.05) is 24.3 Å². The van der Waals surface area contributed by atoms with E-state index in [1.54, 1.807) is 44.9 Å². The minimum absolute atomic E-state index is 0.0415. The summed E-state index contributed by atoms with van der Waals surface area (Å²) in [6.07, 6.45) is 0.434. The van der Waals surface area contributed by atoms with Crippen LogP contribution in [-0.4, -0.2) is 64.3 Å². The van der Waals surface area contributed by atoms with Crippen molar-refractivity contribution in [2.24, 2.45) is 5.92 Å². The van der Waals surface area contributed by atoms with Gasteiger partial charge in [0.15, 0.2) is 0 Å². The lowest BCUT2D eigenvalue weighted by Crippen LogP contribution is -2.51. The predicted molar refractivity (Wildman–Crippen MR) is 135 cm³/mol. The molecule has 10 heteroatoms. The number of amides is 1. The fourth-order valence-corrected chi connectivity index (χ4v) is 5.30. The van der Waals surface area contributed by atoms with Gasteiger partial charge in [0.05, 0.1) is 19.1 Å². The van der Waals surface area contributed by atoms with Crippen LogP contribution in [0.25, 0.3) is 11.1 Å². The molecule has 0 bridgehead atoms. The Bertz CT molecular complexity index is 1150. The van der Waals surface area contributed by atoms with E-state index >= 15 is 0 Å². The van der Waals surface area contributed by atoms with E-state index in [9.17, 15) is 18.0 Å². The van der Waals surface area contributed by atoms with Gasteiger partial charge >= 0.3 is 12.1 Å². The number of carbonyl (C=O) groups is 2.